The molecule has 0 spiro atoms. The summed E-state index contributed by atoms with van der Waals surface area (Å²) >= 11 is 16.6. The fourth-order valence-electron chi connectivity index (χ4n) is 2.85. The van der Waals surface area contributed by atoms with E-state index in [0.717, 1.165) is 13.7 Å². The lowest BCUT2D eigenvalue weighted by atomic mass is 10.5. The van der Waals surface area contributed by atoms with Gasteiger partial charge in [0.2, 0.25) is 0 Å². The van der Waals surface area contributed by atoms with Gasteiger partial charge in [-0.05, 0) is 0 Å². The highest BCUT2D eigenvalue weighted by molar-refractivity contribution is 6.18. The van der Waals surface area contributed by atoms with E-state index in [4.69, 9.17) is 63.2 Å². The molecule has 0 N–H and O–H groups in total. The Bertz CT molecular complexity index is 724. The summed E-state index contributed by atoms with van der Waals surface area (Å²) in [5.41, 5.74) is -2.21. The highest BCUT2D eigenvalue weighted by Gasteiger charge is 2.15. The van der Waals surface area contributed by atoms with E-state index in [-0.39, 0.29) is 59.3 Å². The van der Waals surface area contributed by atoms with Crippen molar-refractivity contribution >= 4 is 34.8 Å². The fraction of sp³-hybridized carbons (Fsp3) is 0.857. The molecule has 1 aromatic heterocycles. The van der Waals surface area contributed by atoms with Crippen LogP contribution in [0.1, 0.15) is 0 Å². The summed E-state index contributed by atoms with van der Waals surface area (Å²) in [4.78, 5) is 38.7. The summed E-state index contributed by atoms with van der Waals surface area (Å²) < 4.78 is 34.8. The Morgan fingerprint density at radius 3 is 0.833 bits per heavy atom. The molecule has 0 saturated carbocycles. The lowest BCUT2D eigenvalue weighted by Crippen LogP contribution is -2.55. The molecule has 0 aliphatic heterocycles. The first-order valence-corrected chi connectivity index (χ1v) is 13.3. The maximum absolute atomic E-state index is 12.9. The van der Waals surface area contributed by atoms with E-state index in [1.54, 1.807) is 0 Å². The van der Waals surface area contributed by atoms with E-state index in [1.807, 2.05) is 0 Å². The van der Waals surface area contributed by atoms with Crippen molar-refractivity contribution in [2.45, 2.75) is 19.6 Å². The molecule has 0 bridgehead atoms. The Morgan fingerprint density at radius 1 is 0.389 bits per heavy atom. The summed E-state index contributed by atoms with van der Waals surface area (Å²) in [5.74, 6) is 1.14. The van der Waals surface area contributed by atoms with E-state index >= 15 is 0 Å². The third-order valence-corrected chi connectivity index (χ3v) is 5.01. The molecule has 0 aliphatic rings. The highest BCUT2D eigenvalue weighted by atomic mass is 35.5. The Labute approximate surface area is 224 Å². The molecule has 210 valence electrons. The van der Waals surface area contributed by atoms with Gasteiger partial charge in [-0.2, -0.15) is 0 Å². The molecule has 1 heterocycles. The SMILES string of the molecule is O=c1n(CCOCCOCCCl)c(=O)n(CCOCCOCCCl)c(=O)n1CCOCCOCCCl. The van der Waals surface area contributed by atoms with Gasteiger partial charge in [0.15, 0.2) is 0 Å². The molecule has 0 unspecified atom stereocenters. The predicted molar refractivity (Wildman–Crippen MR) is 136 cm³/mol. The van der Waals surface area contributed by atoms with Crippen molar-refractivity contribution < 1.29 is 28.4 Å². The Kier molecular flexibility index (Phi) is 20.3. The van der Waals surface area contributed by atoms with E-state index in [2.05, 4.69) is 0 Å². The van der Waals surface area contributed by atoms with Crippen molar-refractivity contribution in [2.75, 3.05) is 96.9 Å². The zero-order valence-electron chi connectivity index (χ0n) is 20.4. The molecule has 1 aromatic rings. The molecule has 0 amide bonds. The first-order valence-electron chi connectivity index (χ1n) is 11.7. The van der Waals surface area contributed by atoms with Crippen molar-refractivity contribution in [1.82, 2.24) is 13.7 Å². The van der Waals surface area contributed by atoms with E-state index in [0.29, 0.717) is 57.3 Å². The van der Waals surface area contributed by atoms with Gasteiger partial charge in [-0.1, -0.05) is 0 Å². The van der Waals surface area contributed by atoms with Crippen molar-refractivity contribution in [2.24, 2.45) is 0 Å². The minimum absolute atomic E-state index is 0.0340. The van der Waals surface area contributed by atoms with E-state index in [9.17, 15) is 14.4 Å². The maximum atomic E-state index is 12.9. The van der Waals surface area contributed by atoms with Crippen LogP contribution in [0, 0.1) is 0 Å². The van der Waals surface area contributed by atoms with Gasteiger partial charge in [0.25, 0.3) is 0 Å². The van der Waals surface area contributed by atoms with Gasteiger partial charge in [0, 0.05) is 17.6 Å². The van der Waals surface area contributed by atoms with Crippen LogP contribution in [0.2, 0.25) is 0 Å². The third kappa shape index (κ3) is 13.5. The molecule has 0 aromatic carbocycles. The molecule has 0 aliphatic carbocycles. The van der Waals surface area contributed by atoms with Crippen LogP contribution >= 0.6 is 34.8 Å². The Balaban J connectivity index is 2.81. The van der Waals surface area contributed by atoms with Crippen molar-refractivity contribution in [3.8, 4) is 0 Å². The second-order valence-electron chi connectivity index (χ2n) is 7.04. The molecule has 1 rings (SSSR count). The van der Waals surface area contributed by atoms with E-state index < -0.39 is 17.1 Å². The summed E-state index contributed by atoms with van der Waals surface area (Å²) in [6.45, 7) is 3.20. The minimum atomic E-state index is -0.736. The topological polar surface area (TPSA) is 121 Å². The fourth-order valence-corrected chi connectivity index (χ4v) is 3.18. The first-order chi connectivity index (χ1) is 17.6. The number of halogens is 3. The third-order valence-electron chi connectivity index (χ3n) is 4.54. The van der Waals surface area contributed by atoms with Crippen molar-refractivity contribution in [3.05, 3.63) is 31.5 Å². The number of alkyl halides is 3. The van der Waals surface area contributed by atoms with Gasteiger partial charge < -0.3 is 28.4 Å². The summed E-state index contributed by atoms with van der Waals surface area (Å²) in [6, 6.07) is 0. The number of hydrogen-bond acceptors (Lipinski definition) is 9. The van der Waals surface area contributed by atoms with Gasteiger partial charge in [-0.15, -0.1) is 34.8 Å². The average Bonchev–Trinajstić information content (AvgIpc) is 2.87. The van der Waals surface area contributed by atoms with Crippen LogP contribution < -0.4 is 17.1 Å². The van der Waals surface area contributed by atoms with Crippen molar-refractivity contribution in [3.63, 3.8) is 0 Å². The molecule has 0 radical (unpaired) electrons. The zero-order valence-corrected chi connectivity index (χ0v) is 22.6. The Morgan fingerprint density at radius 2 is 0.611 bits per heavy atom. The van der Waals surface area contributed by atoms with Gasteiger partial charge in [0.1, 0.15) is 0 Å². The molecule has 0 fully saturated rings. The second kappa shape index (κ2) is 22.1. The number of rotatable bonds is 24. The van der Waals surface area contributed by atoms with Crippen LogP contribution in [0.4, 0.5) is 0 Å². The number of hydrogen-bond donors (Lipinski definition) is 0. The smallest absolute Gasteiger partial charge is 0.336 e. The van der Waals surface area contributed by atoms with Gasteiger partial charge in [0.05, 0.1) is 98.9 Å². The minimum Gasteiger partial charge on any atom is -0.378 e. The zero-order chi connectivity index (χ0) is 26.4. The van der Waals surface area contributed by atoms with Gasteiger partial charge in [-0.25, -0.2) is 28.1 Å². The summed E-state index contributed by atoms with van der Waals surface area (Å²) in [6.07, 6.45) is 0. The molecule has 36 heavy (non-hydrogen) atoms. The normalized spacial score (nSPS) is 11.4. The van der Waals surface area contributed by atoms with E-state index in [1.165, 1.54) is 0 Å². The molecular formula is C21H36Cl3N3O9. The predicted octanol–water partition coefficient (Wildman–Crippen LogP) is -0.0123. The quantitative estimate of drug-likeness (QED) is 0.123. The van der Waals surface area contributed by atoms with Crippen LogP contribution in [0.3, 0.4) is 0 Å². The van der Waals surface area contributed by atoms with Crippen LogP contribution in [0.25, 0.3) is 0 Å². The van der Waals surface area contributed by atoms with Crippen LogP contribution in [0.5, 0.6) is 0 Å². The van der Waals surface area contributed by atoms with Crippen LogP contribution in [0.15, 0.2) is 14.4 Å². The van der Waals surface area contributed by atoms with Crippen LogP contribution in [-0.4, -0.2) is 111 Å². The lowest BCUT2D eigenvalue weighted by molar-refractivity contribution is 0.0448. The number of ether oxygens (including phenoxy) is 6. The standard InChI is InChI=1S/C21H36Cl3N3O9/c22-1-7-31-13-16-34-10-4-25-19(28)26(5-11-35-17-14-32-8-2-23)21(30)27(20(25)29)6-12-36-18-15-33-9-3-24/h1-18H2. The second-order valence-corrected chi connectivity index (χ2v) is 8.18. The lowest BCUT2D eigenvalue weighted by Gasteiger charge is -2.14. The summed E-state index contributed by atoms with van der Waals surface area (Å²) in [5, 5.41) is 0. The first kappa shape index (κ1) is 33.1. The highest BCUT2D eigenvalue weighted by Crippen LogP contribution is 1.87. The molecule has 0 saturated heterocycles. The summed E-state index contributed by atoms with van der Waals surface area (Å²) in [7, 11) is 0. The largest absolute Gasteiger partial charge is 0.378 e. The average molecular weight is 581 g/mol. The van der Waals surface area contributed by atoms with Crippen molar-refractivity contribution in [1.29, 1.82) is 0 Å². The van der Waals surface area contributed by atoms with Gasteiger partial charge >= 0.3 is 17.1 Å². The molecular weight excluding hydrogens is 545 g/mol. The Hall–Kier alpha value is -0.960. The van der Waals surface area contributed by atoms with Gasteiger partial charge in [-0.3, -0.25) is 0 Å². The molecule has 15 heteroatoms. The van der Waals surface area contributed by atoms with Crippen LogP contribution in [-0.2, 0) is 48.1 Å². The molecule has 12 nitrogen and oxygen atoms in total. The molecule has 0 atom stereocenters. The maximum Gasteiger partial charge on any atom is 0.336 e. The number of nitrogens with zero attached hydrogens (tertiary/aromatic N) is 3. The monoisotopic (exact) mass is 579 g/mol. The number of aromatic nitrogens is 3.